The van der Waals surface area contributed by atoms with E-state index in [1.807, 2.05) is 18.2 Å². The molecule has 1 fully saturated rings. The number of nitrogens with one attached hydrogen (secondary N) is 2. The summed E-state index contributed by atoms with van der Waals surface area (Å²) in [6.07, 6.45) is 9.04. The highest BCUT2D eigenvalue weighted by Gasteiger charge is 2.36. The van der Waals surface area contributed by atoms with Crippen LogP contribution in [0.2, 0.25) is 0 Å². The molecule has 1 saturated carbocycles. The second kappa shape index (κ2) is 11.6. The minimum absolute atomic E-state index is 0.0503. The number of fused-ring (bicyclic) bond motifs is 1. The van der Waals surface area contributed by atoms with Crippen LogP contribution in [-0.2, 0) is 27.8 Å². The van der Waals surface area contributed by atoms with Gasteiger partial charge in [0.25, 0.3) is 0 Å². The molecular weight excluding hydrogens is 448 g/mol. The zero-order valence-electron chi connectivity index (χ0n) is 22.1. The van der Waals surface area contributed by atoms with Gasteiger partial charge < -0.3 is 10.4 Å². The highest BCUT2D eigenvalue weighted by Crippen LogP contribution is 2.31. The van der Waals surface area contributed by atoms with E-state index < -0.39 is 18.1 Å². The van der Waals surface area contributed by atoms with Gasteiger partial charge in [-0.1, -0.05) is 95.3 Å². The van der Waals surface area contributed by atoms with E-state index in [-0.39, 0.29) is 17.2 Å². The second-order valence-electron chi connectivity index (χ2n) is 11.9. The van der Waals surface area contributed by atoms with Crippen LogP contribution in [0, 0.1) is 11.8 Å². The summed E-state index contributed by atoms with van der Waals surface area (Å²) < 4.78 is 0. The van der Waals surface area contributed by atoms with Crippen molar-refractivity contribution in [2.75, 3.05) is 5.32 Å². The number of amides is 1. The molecule has 3 N–H and O–H groups in total. The molecule has 1 heterocycles. The van der Waals surface area contributed by atoms with Gasteiger partial charge in [0, 0.05) is 5.69 Å². The van der Waals surface area contributed by atoms with Crippen molar-refractivity contribution in [3.63, 3.8) is 0 Å². The highest BCUT2D eigenvalue weighted by molar-refractivity contribution is 5.97. The summed E-state index contributed by atoms with van der Waals surface area (Å²) in [6, 6.07) is 15.3. The first kappa shape index (κ1) is 26.4. The molecule has 1 aliphatic carbocycles. The van der Waals surface area contributed by atoms with Crippen molar-refractivity contribution in [1.29, 1.82) is 0 Å². The molecule has 0 bridgehead atoms. The summed E-state index contributed by atoms with van der Waals surface area (Å²) in [5.74, 6) is -0.453. The molecule has 0 spiro atoms. The predicted octanol–water partition coefficient (Wildman–Crippen LogP) is 6.11. The van der Waals surface area contributed by atoms with E-state index in [1.54, 1.807) is 0 Å². The molecule has 0 aromatic heterocycles. The molecular formula is C31H42N2O3. The third-order valence-electron chi connectivity index (χ3n) is 8.10. The Labute approximate surface area is 216 Å². The van der Waals surface area contributed by atoms with Crippen LogP contribution < -0.4 is 10.6 Å². The number of carbonyl (C=O) groups is 2. The molecule has 3 atom stereocenters. The Bertz CT molecular complexity index is 1030. The molecule has 1 unspecified atom stereocenters. The Balaban J connectivity index is 1.55. The van der Waals surface area contributed by atoms with Gasteiger partial charge in [-0.25, -0.2) is 0 Å². The van der Waals surface area contributed by atoms with E-state index in [9.17, 15) is 14.7 Å². The molecule has 2 aliphatic rings. The van der Waals surface area contributed by atoms with Crippen LogP contribution in [0.3, 0.4) is 0 Å². The van der Waals surface area contributed by atoms with Gasteiger partial charge in [-0.3, -0.25) is 14.9 Å². The van der Waals surface area contributed by atoms with Crippen molar-refractivity contribution in [2.45, 2.75) is 96.1 Å². The van der Waals surface area contributed by atoms with E-state index in [1.165, 1.54) is 43.2 Å². The van der Waals surface area contributed by atoms with Gasteiger partial charge in [0.1, 0.15) is 6.04 Å². The summed E-state index contributed by atoms with van der Waals surface area (Å²) in [4.78, 5) is 25.7. The van der Waals surface area contributed by atoms with Crippen molar-refractivity contribution < 1.29 is 14.7 Å². The number of rotatable bonds is 8. The Hall–Kier alpha value is -2.66. The quantitative estimate of drug-likeness (QED) is 0.417. The molecule has 5 nitrogen and oxygen atoms in total. The lowest BCUT2D eigenvalue weighted by molar-refractivity contribution is -0.140. The van der Waals surface area contributed by atoms with Gasteiger partial charge in [-0.2, -0.15) is 0 Å². The third kappa shape index (κ3) is 6.76. The smallest absolute Gasteiger partial charge is 0.320 e. The minimum atomic E-state index is -0.867. The fraction of sp³-hybridized carbons (Fsp3) is 0.548. The zero-order chi connectivity index (χ0) is 25.7. The monoisotopic (exact) mass is 490 g/mol. The number of para-hydroxylation sites is 1. The topological polar surface area (TPSA) is 78.4 Å². The Morgan fingerprint density at radius 2 is 1.75 bits per heavy atom. The summed E-state index contributed by atoms with van der Waals surface area (Å²) >= 11 is 0. The van der Waals surface area contributed by atoms with Crippen LogP contribution in [0.15, 0.2) is 48.5 Å². The number of benzene rings is 2. The van der Waals surface area contributed by atoms with Crippen LogP contribution in [0.4, 0.5) is 5.69 Å². The minimum Gasteiger partial charge on any atom is -0.480 e. The molecule has 4 rings (SSSR count). The number of carboxylic acids is 1. The normalized spacial score (nSPS) is 21.8. The van der Waals surface area contributed by atoms with Gasteiger partial charge in [0.05, 0.1) is 6.04 Å². The first-order valence-electron chi connectivity index (χ1n) is 13.7. The summed E-state index contributed by atoms with van der Waals surface area (Å²) in [6.45, 7) is 6.61. The lowest BCUT2D eigenvalue weighted by Crippen LogP contribution is -2.52. The number of hydrogen-bond donors (Lipinski definition) is 3. The molecule has 5 heteroatoms. The maximum Gasteiger partial charge on any atom is 0.320 e. The Kier molecular flexibility index (Phi) is 8.50. The number of carbonyl (C=O) groups excluding carboxylic acids is 1. The van der Waals surface area contributed by atoms with Crippen molar-refractivity contribution in [1.82, 2.24) is 5.32 Å². The lowest BCUT2D eigenvalue weighted by Gasteiger charge is -2.29. The van der Waals surface area contributed by atoms with Crippen LogP contribution in [-0.4, -0.2) is 29.1 Å². The number of anilines is 1. The molecule has 2 aromatic carbocycles. The molecule has 0 radical (unpaired) electrons. The third-order valence-corrected chi connectivity index (χ3v) is 8.10. The largest absolute Gasteiger partial charge is 0.480 e. The zero-order valence-corrected chi connectivity index (χ0v) is 22.1. The average Bonchev–Trinajstić information content (AvgIpc) is 2.97. The fourth-order valence-electron chi connectivity index (χ4n) is 5.86. The van der Waals surface area contributed by atoms with Crippen LogP contribution >= 0.6 is 0 Å². The SMILES string of the molecule is CC(C)(C)c1ccc(CC2Cc3ccccc3NC(=O)[C@H]2N[C@@H](CCC2CCCCC2)C(=O)O)cc1. The van der Waals surface area contributed by atoms with Gasteiger partial charge in [0.2, 0.25) is 5.91 Å². The van der Waals surface area contributed by atoms with E-state index in [2.05, 4.69) is 61.7 Å². The van der Waals surface area contributed by atoms with E-state index in [4.69, 9.17) is 0 Å². The molecule has 1 amide bonds. The number of hydrogen-bond acceptors (Lipinski definition) is 3. The van der Waals surface area contributed by atoms with E-state index in [0.717, 1.165) is 17.7 Å². The molecule has 2 aromatic rings. The number of aliphatic carboxylic acids is 1. The standard InChI is InChI=1S/C31H42N2O3/c1-31(2,3)25-16-13-22(14-17-25)19-24-20-23-11-7-8-12-26(23)33-29(34)28(24)32-27(30(35)36)18-15-21-9-5-4-6-10-21/h7-8,11-14,16-17,21,24,27-28,32H,4-6,9-10,15,18-20H2,1-3H3,(H,33,34)(H,35,36)/t24?,27-,28-/m0/s1. The highest BCUT2D eigenvalue weighted by atomic mass is 16.4. The Morgan fingerprint density at radius 3 is 2.42 bits per heavy atom. The summed E-state index contributed by atoms with van der Waals surface area (Å²) in [5.41, 5.74) is 4.45. The fourth-order valence-corrected chi connectivity index (χ4v) is 5.86. The molecule has 194 valence electrons. The van der Waals surface area contributed by atoms with E-state index >= 15 is 0 Å². The van der Waals surface area contributed by atoms with Crippen LogP contribution in [0.25, 0.3) is 0 Å². The average molecular weight is 491 g/mol. The molecule has 1 aliphatic heterocycles. The van der Waals surface area contributed by atoms with Crippen LogP contribution in [0.5, 0.6) is 0 Å². The van der Waals surface area contributed by atoms with Crippen molar-refractivity contribution in [3.05, 3.63) is 65.2 Å². The second-order valence-corrected chi connectivity index (χ2v) is 11.9. The van der Waals surface area contributed by atoms with Gasteiger partial charge in [-0.15, -0.1) is 0 Å². The summed E-state index contributed by atoms with van der Waals surface area (Å²) in [7, 11) is 0. The first-order chi connectivity index (χ1) is 17.2. The van der Waals surface area contributed by atoms with Gasteiger partial charge in [-0.05, 0) is 65.7 Å². The van der Waals surface area contributed by atoms with Gasteiger partial charge >= 0.3 is 5.97 Å². The van der Waals surface area contributed by atoms with Crippen molar-refractivity contribution in [3.8, 4) is 0 Å². The van der Waals surface area contributed by atoms with Crippen molar-refractivity contribution in [2.24, 2.45) is 11.8 Å². The summed E-state index contributed by atoms with van der Waals surface area (Å²) in [5, 5.41) is 16.4. The first-order valence-corrected chi connectivity index (χ1v) is 13.7. The maximum atomic E-state index is 13.5. The number of carboxylic acid groups (broad SMARTS) is 1. The predicted molar refractivity (Wildman–Crippen MR) is 145 cm³/mol. The van der Waals surface area contributed by atoms with Gasteiger partial charge in [0.15, 0.2) is 0 Å². The molecule has 36 heavy (non-hydrogen) atoms. The lowest BCUT2D eigenvalue weighted by atomic mass is 9.83. The van der Waals surface area contributed by atoms with E-state index in [0.29, 0.717) is 25.2 Å². The Morgan fingerprint density at radius 1 is 1.06 bits per heavy atom. The molecule has 0 saturated heterocycles. The van der Waals surface area contributed by atoms with Crippen LogP contribution in [0.1, 0.15) is 82.4 Å². The maximum absolute atomic E-state index is 13.5. The van der Waals surface area contributed by atoms with Crippen molar-refractivity contribution >= 4 is 17.6 Å².